The van der Waals surface area contributed by atoms with Gasteiger partial charge in [-0.1, -0.05) is 12.1 Å². The van der Waals surface area contributed by atoms with Gasteiger partial charge in [0.05, 0.1) is 25.7 Å². The van der Waals surface area contributed by atoms with Gasteiger partial charge in [0.1, 0.15) is 6.04 Å². The number of methoxy groups -OCH3 is 2. The van der Waals surface area contributed by atoms with E-state index in [1.54, 1.807) is 12.1 Å². The van der Waals surface area contributed by atoms with Crippen LogP contribution in [0.1, 0.15) is 5.56 Å². The number of nitro groups is 1. The summed E-state index contributed by atoms with van der Waals surface area (Å²) >= 11 is 0. The van der Waals surface area contributed by atoms with Crippen molar-refractivity contribution in [2.24, 2.45) is 0 Å². The molecule has 0 heterocycles. The smallest absolute Gasteiger partial charge is 0.323 e. The third-order valence-electron chi connectivity index (χ3n) is 2.79. The molecule has 1 atom stereocenters. The van der Waals surface area contributed by atoms with Crippen LogP contribution in [0.15, 0.2) is 24.3 Å². The summed E-state index contributed by atoms with van der Waals surface area (Å²) in [6, 6.07) is 5.06. The second kappa shape index (κ2) is 7.95. The largest absolute Gasteiger partial charge is 0.468 e. The van der Waals surface area contributed by atoms with Gasteiger partial charge in [0.15, 0.2) is 0 Å². The Morgan fingerprint density at radius 1 is 1.24 bits per heavy atom. The van der Waals surface area contributed by atoms with Crippen LogP contribution in [0.3, 0.4) is 0 Å². The molecule has 1 aromatic carbocycles. The first-order valence-corrected chi connectivity index (χ1v) is 6.09. The summed E-state index contributed by atoms with van der Waals surface area (Å²) in [7, 11) is 2.48. The van der Waals surface area contributed by atoms with Crippen molar-refractivity contribution in [1.29, 1.82) is 0 Å². The van der Waals surface area contributed by atoms with Crippen LogP contribution in [0.2, 0.25) is 0 Å². The van der Waals surface area contributed by atoms with Crippen molar-refractivity contribution in [3.05, 3.63) is 39.9 Å². The number of nitrogens with one attached hydrogen (secondary N) is 1. The van der Waals surface area contributed by atoms with Gasteiger partial charge in [0, 0.05) is 12.1 Å². The SMILES string of the molecule is COC(=O)CNC(Cc1ccc([N+](=O)[O-])cc1)C(=O)OC. The van der Waals surface area contributed by atoms with Gasteiger partial charge >= 0.3 is 11.9 Å². The summed E-state index contributed by atoms with van der Waals surface area (Å²) in [5, 5.41) is 13.3. The highest BCUT2D eigenvalue weighted by atomic mass is 16.6. The van der Waals surface area contributed by atoms with E-state index < -0.39 is 22.9 Å². The highest BCUT2D eigenvalue weighted by Gasteiger charge is 2.20. The van der Waals surface area contributed by atoms with Gasteiger partial charge in [-0.2, -0.15) is 0 Å². The Hall–Kier alpha value is -2.48. The summed E-state index contributed by atoms with van der Waals surface area (Å²) in [5.41, 5.74) is 0.671. The number of hydrogen-bond acceptors (Lipinski definition) is 7. The predicted octanol–water partition coefficient (Wildman–Crippen LogP) is 0.441. The number of rotatable bonds is 7. The molecule has 0 aromatic heterocycles. The summed E-state index contributed by atoms with van der Waals surface area (Å²) in [5.74, 6) is -1.04. The van der Waals surface area contributed by atoms with Crippen molar-refractivity contribution in [1.82, 2.24) is 5.32 Å². The molecule has 0 radical (unpaired) electrons. The zero-order valence-electron chi connectivity index (χ0n) is 11.7. The number of ether oxygens (including phenoxy) is 2. The molecule has 0 fully saturated rings. The van der Waals surface area contributed by atoms with E-state index in [1.807, 2.05) is 0 Å². The summed E-state index contributed by atoms with van der Waals surface area (Å²) in [6.07, 6.45) is 0.238. The third-order valence-corrected chi connectivity index (χ3v) is 2.79. The molecule has 8 heteroatoms. The molecule has 0 saturated carbocycles. The molecule has 1 aromatic rings. The zero-order valence-corrected chi connectivity index (χ0v) is 11.7. The Bertz CT molecular complexity index is 514. The van der Waals surface area contributed by atoms with Crippen LogP contribution in [0, 0.1) is 10.1 Å². The normalized spacial score (nSPS) is 11.5. The van der Waals surface area contributed by atoms with E-state index in [9.17, 15) is 19.7 Å². The predicted molar refractivity (Wildman–Crippen MR) is 72.6 cm³/mol. The van der Waals surface area contributed by atoms with E-state index >= 15 is 0 Å². The number of hydrogen-bond donors (Lipinski definition) is 1. The number of non-ortho nitro benzene ring substituents is 1. The lowest BCUT2D eigenvalue weighted by Crippen LogP contribution is -2.42. The van der Waals surface area contributed by atoms with Gasteiger partial charge in [-0.15, -0.1) is 0 Å². The lowest BCUT2D eigenvalue weighted by molar-refractivity contribution is -0.384. The summed E-state index contributed by atoms with van der Waals surface area (Å²) in [6.45, 7) is -0.136. The Labute approximate surface area is 121 Å². The van der Waals surface area contributed by atoms with Crippen LogP contribution in [0.4, 0.5) is 5.69 Å². The van der Waals surface area contributed by atoms with Gasteiger partial charge < -0.3 is 9.47 Å². The monoisotopic (exact) mass is 296 g/mol. The maximum Gasteiger partial charge on any atom is 0.323 e. The van der Waals surface area contributed by atoms with Crippen LogP contribution in [0.25, 0.3) is 0 Å². The first kappa shape index (κ1) is 16.6. The van der Waals surface area contributed by atoms with Crippen molar-refractivity contribution < 1.29 is 24.0 Å². The number of carbonyl (C=O) groups is 2. The lowest BCUT2D eigenvalue weighted by Gasteiger charge is -2.15. The summed E-state index contributed by atoms with van der Waals surface area (Å²) < 4.78 is 9.13. The topological polar surface area (TPSA) is 108 Å². The first-order valence-electron chi connectivity index (χ1n) is 6.09. The molecule has 0 aliphatic carbocycles. The number of nitro benzene ring substituents is 1. The van der Waals surface area contributed by atoms with Crippen LogP contribution >= 0.6 is 0 Å². The fourth-order valence-corrected chi connectivity index (χ4v) is 1.65. The molecule has 8 nitrogen and oxygen atoms in total. The van der Waals surface area contributed by atoms with Crippen LogP contribution in [-0.4, -0.2) is 43.7 Å². The number of benzene rings is 1. The molecule has 21 heavy (non-hydrogen) atoms. The molecule has 0 saturated heterocycles. The second-order valence-corrected chi connectivity index (χ2v) is 4.16. The van der Waals surface area contributed by atoms with Gasteiger partial charge in [0.2, 0.25) is 0 Å². The van der Waals surface area contributed by atoms with Crippen molar-refractivity contribution in [2.45, 2.75) is 12.5 Å². The molecule has 0 amide bonds. The minimum atomic E-state index is -0.740. The molecular formula is C13H16N2O6. The molecule has 0 bridgehead atoms. The minimum absolute atomic E-state index is 0.0316. The fraction of sp³-hybridized carbons (Fsp3) is 0.385. The molecule has 0 aliphatic rings. The maximum absolute atomic E-state index is 11.6. The lowest BCUT2D eigenvalue weighted by atomic mass is 10.1. The van der Waals surface area contributed by atoms with E-state index in [0.717, 1.165) is 0 Å². The molecule has 1 unspecified atom stereocenters. The molecule has 1 N–H and O–H groups in total. The molecule has 1 rings (SSSR count). The van der Waals surface area contributed by atoms with E-state index in [4.69, 9.17) is 0 Å². The molecule has 114 valence electrons. The fourth-order valence-electron chi connectivity index (χ4n) is 1.65. The number of nitrogens with zero attached hydrogens (tertiary/aromatic N) is 1. The summed E-state index contributed by atoms with van der Waals surface area (Å²) in [4.78, 5) is 32.8. The second-order valence-electron chi connectivity index (χ2n) is 4.16. The van der Waals surface area contributed by atoms with Crippen molar-refractivity contribution in [2.75, 3.05) is 20.8 Å². The highest BCUT2D eigenvalue weighted by Crippen LogP contribution is 2.13. The van der Waals surface area contributed by atoms with E-state index in [-0.39, 0.29) is 18.7 Å². The number of carbonyl (C=O) groups excluding carboxylic acids is 2. The van der Waals surface area contributed by atoms with Crippen molar-refractivity contribution in [3.8, 4) is 0 Å². The van der Waals surface area contributed by atoms with E-state index in [2.05, 4.69) is 14.8 Å². The standard InChI is InChI=1S/C13H16N2O6/c1-20-12(16)8-14-11(13(17)21-2)7-9-3-5-10(6-4-9)15(18)19/h3-6,11,14H,7-8H2,1-2H3. The van der Waals surface area contributed by atoms with Gasteiger partial charge in [-0.05, 0) is 12.0 Å². The van der Waals surface area contributed by atoms with Crippen molar-refractivity contribution in [3.63, 3.8) is 0 Å². The van der Waals surface area contributed by atoms with E-state index in [1.165, 1.54) is 26.4 Å². The Morgan fingerprint density at radius 2 is 1.86 bits per heavy atom. The van der Waals surface area contributed by atoms with Gasteiger partial charge in [0.25, 0.3) is 5.69 Å². The third kappa shape index (κ3) is 5.19. The quantitative estimate of drug-likeness (QED) is 0.442. The molecule has 0 aliphatic heterocycles. The van der Waals surface area contributed by atoms with Crippen LogP contribution < -0.4 is 5.32 Å². The Kier molecular flexibility index (Phi) is 6.28. The maximum atomic E-state index is 11.6. The minimum Gasteiger partial charge on any atom is -0.468 e. The van der Waals surface area contributed by atoms with Gasteiger partial charge in [-0.25, -0.2) is 0 Å². The average molecular weight is 296 g/mol. The molecule has 0 spiro atoms. The Morgan fingerprint density at radius 3 is 2.33 bits per heavy atom. The number of esters is 2. The van der Waals surface area contributed by atoms with E-state index in [0.29, 0.717) is 5.56 Å². The Balaban J connectivity index is 2.73. The van der Waals surface area contributed by atoms with Crippen molar-refractivity contribution >= 4 is 17.6 Å². The zero-order chi connectivity index (χ0) is 15.8. The molecular weight excluding hydrogens is 280 g/mol. The van der Waals surface area contributed by atoms with Gasteiger partial charge in [-0.3, -0.25) is 25.0 Å². The first-order chi connectivity index (χ1) is 9.97. The van der Waals surface area contributed by atoms with Crippen LogP contribution in [-0.2, 0) is 25.5 Å². The van der Waals surface area contributed by atoms with Crippen LogP contribution in [0.5, 0.6) is 0 Å². The average Bonchev–Trinajstić information content (AvgIpc) is 2.50. The highest BCUT2D eigenvalue weighted by molar-refractivity contribution is 5.78.